The average molecular weight is 293 g/mol. The highest BCUT2D eigenvalue weighted by Crippen LogP contribution is 2.27. The molecule has 1 N–H and O–H groups in total. The van der Waals surface area contributed by atoms with E-state index in [1.165, 1.54) is 5.56 Å². The van der Waals surface area contributed by atoms with Crippen LogP contribution in [0, 0.1) is 0 Å². The van der Waals surface area contributed by atoms with Gasteiger partial charge < -0.3 is 5.32 Å². The summed E-state index contributed by atoms with van der Waals surface area (Å²) in [5.74, 6) is 0.230. The molecule has 0 spiro atoms. The van der Waals surface area contributed by atoms with Crippen molar-refractivity contribution in [3.63, 3.8) is 0 Å². The zero-order valence-corrected chi connectivity index (χ0v) is 12.9. The molecule has 0 bridgehead atoms. The van der Waals surface area contributed by atoms with Crippen LogP contribution in [-0.4, -0.2) is 11.9 Å². The zero-order valence-electron chi connectivity index (χ0n) is 12.9. The lowest BCUT2D eigenvalue weighted by molar-refractivity contribution is -0.125. The van der Waals surface area contributed by atoms with Gasteiger partial charge in [-0.3, -0.25) is 4.79 Å². The number of carbonyl (C=O) groups is 1. The average Bonchev–Trinajstić information content (AvgIpc) is 2.57. The first kappa shape index (κ1) is 14.8. The number of carbonyl (C=O) groups excluding carboxylic acids is 1. The fourth-order valence-electron chi connectivity index (χ4n) is 3.29. The van der Waals surface area contributed by atoms with Gasteiger partial charge in [0, 0.05) is 6.04 Å². The molecule has 1 amide bonds. The molecule has 22 heavy (non-hydrogen) atoms. The van der Waals surface area contributed by atoms with E-state index in [1.54, 1.807) is 0 Å². The van der Waals surface area contributed by atoms with Crippen LogP contribution in [0.3, 0.4) is 0 Å². The smallest absolute Gasteiger partial charge is 0.227 e. The van der Waals surface area contributed by atoms with Gasteiger partial charge >= 0.3 is 0 Å². The molecule has 2 nitrogen and oxygen atoms in total. The summed E-state index contributed by atoms with van der Waals surface area (Å²) in [7, 11) is 0. The van der Waals surface area contributed by atoms with E-state index in [0.29, 0.717) is 6.04 Å². The van der Waals surface area contributed by atoms with Gasteiger partial charge in [0.2, 0.25) is 5.91 Å². The van der Waals surface area contributed by atoms with Crippen LogP contribution in [0.25, 0.3) is 0 Å². The summed E-state index contributed by atoms with van der Waals surface area (Å²) in [6, 6.07) is 21.0. The highest BCUT2D eigenvalue weighted by atomic mass is 16.2. The Labute approximate surface area is 132 Å². The largest absolute Gasteiger partial charge is 0.353 e. The topological polar surface area (TPSA) is 29.1 Å². The molecule has 2 aromatic rings. The lowest BCUT2D eigenvalue weighted by Crippen LogP contribution is -2.42. The van der Waals surface area contributed by atoms with Gasteiger partial charge in [0.15, 0.2) is 0 Å². The number of benzene rings is 2. The minimum atomic E-state index is 0.0339. The van der Waals surface area contributed by atoms with Crippen molar-refractivity contribution in [1.29, 1.82) is 0 Å². The summed E-state index contributed by atoms with van der Waals surface area (Å²) < 4.78 is 0. The summed E-state index contributed by atoms with van der Waals surface area (Å²) in [4.78, 5) is 12.3. The third kappa shape index (κ3) is 3.76. The Morgan fingerprint density at radius 3 is 2.27 bits per heavy atom. The molecule has 1 heterocycles. The van der Waals surface area contributed by atoms with Crippen LogP contribution in [0.15, 0.2) is 60.7 Å². The second-order valence-corrected chi connectivity index (χ2v) is 6.12. The van der Waals surface area contributed by atoms with Gasteiger partial charge in [-0.1, -0.05) is 60.7 Å². The second-order valence-electron chi connectivity index (χ2n) is 6.12. The van der Waals surface area contributed by atoms with Gasteiger partial charge in [0.25, 0.3) is 0 Å². The van der Waals surface area contributed by atoms with Gasteiger partial charge in [0.05, 0.1) is 5.92 Å². The molecule has 0 saturated carbocycles. The van der Waals surface area contributed by atoms with Gasteiger partial charge in [-0.15, -0.1) is 0 Å². The summed E-state index contributed by atoms with van der Waals surface area (Å²) in [5, 5.41) is 3.21. The first-order valence-electron chi connectivity index (χ1n) is 8.22. The van der Waals surface area contributed by atoms with Crippen molar-refractivity contribution in [1.82, 2.24) is 5.32 Å². The molecule has 3 rings (SSSR count). The van der Waals surface area contributed by atoms with Crippen LogP contribution in [-0.2, 0) is 11.2 Å². The van der Waals surface area contributed by atoms with E-state index in [0.717, 1.165) is 37.7 Å². The Hall–Kier alpha value is -2.09. The molecular formula is C20H23NO. The van der Waals surface area contributed by atoms with Crippen molar-refractivity contribution in [2.75, 3.05) is 0 Å². The maximum absolute atomic E-state index is 12.3. The molecule has 2 atom stereocenters. The number of hydrogen-bond donors (Lipinski definition) is 1. The molecule has 2 unspecified atom stereocenters. The van der Waals surface area contributed by atoms with Crippen molar-refractivity contribution in [3.8, 4) is 0 Å². The normalized spacial score (nSPS) is 21.4. The number of aryl methyl sites for hydroxylation is 1. The molecule has 1 saturated heterocycles. The lowest BCUT2D eigenvalue weighted by Gasteiger charge is -2.29. The standard InChI is InChI=1S/C20H23NO/c22-20-19(17-11-5-2-6-12-17)15-14-18(21-20)13-7-10-16-8-3-1-4-9-16/h1-6,8-9,11-12,18-19H,7,10,13-15H2,(H,21,22). The Kier molecular flexibility index (Phi) is 4.89. The SMILES string of the molecule is O=C1NC(CCCc2ccccc2)CCC1c1ccccc1. The fraction of sp³-hybridized carbons (Fsp3) is 0.350. The van der Waals surface area contributed by atoms with Gasteiger partial charge in [-0.25, -0.2) is 0 Å². The maximum Gasteiger partial charge on any atom is 0.227 e. The predicted octanol–water partition coefficient (Wildman–Crippen LogP) is 4.07. The molecular weight excluding hydrogens is 270 g/mol. The van der Waals surface area contributed by atoms with Crippen LogP contribution in [0.1, 0.15) is 42.7 Å². The number of nitrogens with one attached hydrogen (secondary N) is 1. The summed E-state index contributed by atoms with van der Waals surface area (Å²) >= 11 is 0. The molecule has 1 fully saturated rings. The Morgan fingerprint density at radius 2 is 1.59 bits per heavy atom. The molecule has 0 radical (unpaired) electrons. The number of rotatable bonds is 5. The molecule has 1 aliphatic heterocycles. The summed E-state index contributed by atoms with van der Waals surface area (Å²) in [6.45, 7) is 0. The zero-order chi connectivity index (χ0) is 15.2. The molecule has 0 aromatic heterocycles. The highest BCUT2D eigenvalue weighted by molar-refractivity contribution is 5.84. The van der Waals surface area contributed by atoms with E-state index < -0.39 is 0 Å². The molecule has 114 valence electrons. The monoisotopic (exact) mass is 293 g/mol. The van der Waals surface area contributed by atoms with E-state index in [-0.39, 0.29) is 11.8 Å². The summed E-state index contributed by atoms with van der Waals surface area (Å²) in [5.41, 5.74) is 2.52. The van der Waals surface area contributed by atoms with Crippen molar-refractivity contribution in [2.24, 2.45) is 0 Å². The van der Waals surface area contributed by atoms with Crippen molar-refractivity contribution in [2.45, 2.75) is 44.1 Å². The van der Waals surface area contributed by atoms with E-state index in [9.17, 15) is 4.79 Å². The Balaban J connectivity index is 1.47. The minimum Gasteiger partial charge on any atom is -0.353 e. The van der Waals surface area contributed by atoms with E-state index in [2.05, 4.69) is 47.8 Å². The van der Waals surface area contributed by atoms with Crippen LogP contribution in [0.5, 0.6) is 0 Å². The third-order valence-corrected chi connectivity index (χ3v) is 4.53. The lowest BCUT2D eigenvalue weighted by atomic mass is 9.86. The molecule has 2 heteroatoms. The molecule has 1 aliphatic rings. The van der Waals surface area contributed by atoms with Crippen LogP contribution in [0.2, 0.25) is 0 Å². The van der Waals surface area contributed by atoms with Crippen LogP contribution in [0.4, 0.5) is 0 Å². The number of amides is 1. The van der Waals surface area contributed by atoms with E-state index >= 15 is 0 Å². The van der Waals surface area contributed by atoms with Crippen molar-refractivity contribution < 1.29 is 4.79 Å². The minimum absolute atomic E-state index is 0.0339. The van der Waals surface area contributed by atoms with Gasteiger partial charge in [0.1, 0.15) is 0 Å². The molecule has 2 aromatic carbocycles. The van der Waals surface area contributed by atoms with Crippen molar-refractivity contribution >= 4 is 5.91 Å². The van der Waals surface area contributed by atoms with E-state index in [4.69, 9.17) is 0 Å². The quantitative estimate of drug-likeness (QED) is 0.884. The van der Waals surface area contributed by atoms with Crippen LogP contribution >= 0.6 is 0 Å². The number of hydrogen-bond acceptors (Lipinski definition) is 1. The van der Waals surface area contributed by atoms with Crippen molar-refractivity contribution in [3.05, 3.63) is 71.8 Å². The molecule has 0 aliphatic carbocycles. The van der Waals surface area contributed by atoms with Gasteiger partial charge in [-0.05, 0) is 43.2 Å². The highest BCUT2D eigenvalue weighted by Gasteiger charge is 2.28. The van der Waals surface area contributed by atoms with Gasteiger partial charge in [-0.2, -0.15) is 0 Å². The predicted molar refractivity (Wildman–Crippen MR) is 89.7 cm³/mol. The van der Waals surface area contributed by atoms with Crippen LogP contribution < -0.4 is 5.32 Å². The maximum atomic E-state index is 12.3. The Morgan fingerprint density at radius 1 is 0.909 bits per heavy atom. The summed E-state index contributed by atoms with van der Waals surface area (Å²) in [6.07, 6.45) is 5.34. The van der Waals surface area contributed by atoms with E-state index in [1.807, 2.05) is 18.2 Å². The third-order valence-electron chi connectivity index (χ3n) is 4.53. The Bertz CT molecular complexity index is 592. The fourth-order valence-corrected chi connectivity index (χ4v) is 3.29. The second kappa shape index (κ2) is 7.26. The first-order valence-corrected chi connectivity index (χ1v) is 8.22. The first-order chi connectivity index (χ1) is 10.8. The number of piperidine rings is 1.